The minimum atomic E-state index is 0.518. The molecule has 0 saturated carbocycles. The fraction of sp³-hybridized carbons (Fsp3) is 0.312. The van der Waals surface area contributed by atoms with Crippen molar-refractivity contribution in [3.05, 3.63) is 57.3 Å². The molecule has 0 radical (unpaired) electrons. The van der Waals surface area contributed by atoms with E-state index in [0.717, 1.165) is 33.3 Å². The maximum Gasteiger partial charge on any atom is 0.125 e. The number of hydrogen-bond acceptors (Lipinski definition) is 3. The van der Waals surface area contributed by atoms with Crippen LogP contribution in [-0.4, -0.2) is 11.5 Å². The van der Waals surface area contributed by atoms with E-state index in [-0.39, 0.29) is 0 Å². The van der Waals surface area contributed by atoms with E-state index in [9.17, 15) is 0 Å². The average Bonchev–Trinajstić information content (AvgIpc) is 2.38. The molecule has 2 aromatic rings. The van der Waals surface area contributed by atoms with Crippen LogP contribution in [0.25, 0.3) is 0 Å². The summed E-state index contributed by atoms with van der Waals surface area (Å²) in [6.45, 7) is 5.33. The molecule has 0 aliphatic rings. The first kappa shape index (κ1) is 15.0. The summed E-state index contributed by atoms with van der Waals surface area (Å²) in [5.41, 5.74) is 10.2. The molecule has 0 bridgehead atoms. The summed E-state index contributed by atoms with van der Waals surface area (Å²) >= 11 is 3.41. The second-order valence-electron chi connectivity index (χ2n) is 4.90. The van der Waals surface area contributed by atoms with Crippen LogP contribution in [0, 0.1) is 13.8 Å². The predicted octanol–water partition coefficient (Wildman–Crippen LogP) is 3.54. The highest BCUT2D eigenvalue weighted by Gasteiger charge is 2.07. The second kappa shape index (κ2) is 6.86. The Morgan fingerprint density at radius 3 is 2.40 bits per heavy atom. The van der Waals surface area contributed by atoms with Crippen molar-refractivity contribution in [1.82, 2.24) is 4.98 Å². The first-order valence-corrected chi connectivity index (χ1v) is 7.42. The molecular weight excluding hydrogens is 316 g/mol. The molecule has 0 unspecified atom stereocenters. The lowest BCUT2D eigenvalue weighted by Crippen LogP contribution is -2.05. The zero-order chi connectivity index (χ0) is 14.5. The molecule has 0 fully saturated rings. The number of aryl methyl sites for hydroxylation is 2. The maximum absolute atomic E-state index is 5.95. The monoisotopic (exact) mass is 334 g/mol. The van der Waals surface area contributed by atoms with Crippen molar-refractivity contribution in [3.8, 4) is 5.75 Å². The summed E-state index contributed by atoms with van der Waals surface area (Å²) in [6.07, 6.45) is 4.48. The molecule has 0 saturated heterocycles. The van der Waals surface area contributed by atoms with Gasteiger partial charge in [-0.25, -0.2) is 0 Å². The number of nitrogens with zero attached hydrogens (tertiary/aromatic N) is 1. The van der Waals surface area contributed by atoms with Gasteiger partial charge in [0, 0.05) is 22.4 Å². The summed E-state index contributed by atoms with van der Waals surface area (Å²) in [7, 11) is 0. The van der Waals surface area contributed by atoms with Crippen LogP contribution in [0.1, 0.15) is 22.3 Å². The molecule has 2 N–H and O–H groups in total. The van der Waals surface area contributed by atoms with Gasteiger partial charge in [0.2, 0.25) is 0 Å². The zero-order valence-electron chi connectivity index (χ0n) is 11.8. The smallest absolute Gasteiger partial charge is 0.125 e. The molecule has 0 aliphatic heterocycles. The van der Waals surface area contributed by atoms with Gasteiger partial charge in [-0.1, -0.05) is 12.1 Å². The number of ether oxygens (including phenoxy) is 1. The van der Waals surface area contributed by atoms with Gasteiger partial charge in [-0.05, 0) is 65.5 Å². The Labute approximate surface area is 128 Å². The molecule has 0 spiro atoms. The first-order valence-electron chi connectivity index (χ1n) is 6.62. The predicted molar refractivity (Wildman–Crippen MR) is 84.9 cm³/mol. The first-order chi connectivity index (χ1) is 9.60. The van der Waals surface area contributed by atoms with Crippen LogP contribution in [0.2, 0.25) is 0 Å². The average molecular weight is 335 g/mol. The topological polar surface area (TPSA) is 48.1 Å². The Bertz CT molecular complexity index is 576. The van der Waals surface area contributed by atoms with E-state index in [1.54, 1.807) is 6.20 Å². The Morgan fingerprint density at radius 2 is 1.80 bits per heavy atom. The van der Waals surface area contributed by atoms with E-state index >= 15 is 0 Å². The standard InChI is InChI=1S/C16H19BrN2O/c1-11-5-13(3-4-18)6-12(2)16(11)20-10-14-7-15(17)9-19-8-14/h5-9H,3-4,10,18H2,1-2H3. The van der Waals surface area contributed by atoms with E-state index < -0.39 is 0 Å². The van der Waals surface area contributed by atoms with Gasteiger partial charge in [0.25, 0.3) is 0 Å². The third-order valence-electron chi connectivity index (χ3n) is 3.10. The van der Waals surface area contributed by atoms with Crippen molar-refractivity contribution in [1.29, 1.82) is 0 Å². The fourth-order valence-electron chi connectivity index (χ4n) is 2.27. The van der Waals surface area contributed by atoms with Crippen LogP contribution in [-0.2, 0) is 13.0 Å². The number of pyridine rings is 1. The molecule has 1 aromatic heterocycles. The van der Waals surface area contributed by atoms with Gasteiger partial charge in [-0.15, -0.1) is 0 Å². The quantitative estimate of drug-likeness (QED) is 0.909. The van der Waals surface area contributed by atoms with Crippen LogP contribution in [0.15, 0.2) is 35.1 Å². The molecule has 0 atom stereocenters. The van der Waals surface area contributed by atoms with E-state index in [1.165, 1.54) is 5.56 Å². The van der Waals surface area contributed by atoms with Crippen LogP contribution in [0.3, 0.4) is 0 Å². The van der Waals surface area contributed by atoms with Gasteiger partial charge in [-0.2, -0.15) is 0 Å². The zero-order valence-corrected chi connectivity index (χ0v) is 13.4. The lowest BCUT2D eigenvalue weighted by molar-refractivity contribution is 0.301. The highest BCUT2D eigenvalue weighted by Crippen LogP contribution is 2.26. The van der Waals surface area contributed by atoms with Crippen molar-refractivity contribution in [2.75, 3.05) is 6.54 Å². The minimum absolute atomic E-state index is 0.518. The molecule has 1 heterocycles. The molecule has 3 nitrogen and oxygen atoms in total. The summed E-state index contributed by atoms with van der Waals surface area (Å²) in [5, 5.41) is 0. The lowest BCUT2D eigenvalue weighted by Gasteiger charge is -2.14. The third kappa shape index (κ3) is 3.81. The van der Waals surface area contributed by atoms with E-state index in [4.69, 9.17) is 10.5 Å². The maximum atomic E-state index is 5.95. The molecule has 0 aliphatic carbocycles. The molecule has 2 rings (SSSR count). The normalized spacial score (nSPS) is 10.6. The molecule has 4 heteroatoms. The molecule has 106 valence electrons. The fourth-order valence-corrected chi connectivity index (χ4v) is 2.68. The van der Waals surface area contributed by atoms with Gasteiger partial charge < -0.3 is 10.5 Å². The van der Waals surface area contributed by atoms with Gasteiger partial charge in [0.15, 0.2) is 0 Å². The number of rotatable bonds is 5. The van der Waals surface area contributed by atoms with E-state index in [2.05, 4.69) is 46.9 Å². The largest absolute Gasteiger partial charge is 0.488 e. The molecule has 1 aromatic carbocycles. The lowest BCUT2D eigenvalue weighted by atomic mass is 10.0. The Hall–Kier alpha value is -1.39. The van der Waals surface area contributed by atoms with Gasteiger partial charge >= 0.3 is 0 Å². The van der Waals surface area contributed by atoms with Crippen LogP contribution in [0.4, 0.5) is 0 Å². The van der Waals surface area contributed by atoms with Crippen molar-refractivity contribution < 1.29 is 4.74 Å². The number of halogens is 1. The molecular formula is C16H19BrN2O. The second-order valence-corrected chi connectivity index (χ2v) is 5.81. The number of benzene rings is 1. The highest BCUT2D eigenvalue weighted by atomic mass is 79.9. The van der Waals surface area contributed by atoms with Crippen LogP contribution >= 0.6 is 15.9 Å². The Balaban J connectivity index is 2.13. The van der Waals surface area contributed by atoms with Gasteiger partial charge in [0.05, 0.1) is 0 Å². The van der Waals surface area contributed by atoms with Crippen molar-refractivity contribution in [2.24, 2.45) is 5.73 Å². The molecule has 0 amide bonds. The number of nitrogens with two attached hydrogens (primary N) is 1. The van der Waals surface area contributed by atoms with Crippen molar-refractivity contribution >= 4 is 15.9 Å². The summed E-state index contributed by atoms with van der Waals surface area (Å²) in [6, 6.07) is 6.31. The SMILES string of the molecule is Cc1cc(CCN)cc(C)c1OCc1cncc(Br)c1. The van der Waals surface area contributed by atoms with Crippen LogP contribution in [0.5, 0.6) is 5.75 Å². The van der Waals surface area contributed by atoms with Gasteiger partial charge in [-0.3, -0.25) is 4.98 Å². The highest BCUT2D eigenvalue weighted by molar-refractivity contribution is 9.10. The van der Waals surface area contributed by atoms with E-state index in [1.807, 2.05) is 12.3 Å². The molecule has 20 heavy (non-hydrogen) atoms. The number of hydrogen-bond donors (Lipinski definition) is 1. The number of aromatic nitrogens is 1. The summed E-state index contributed by atoms with van der Waals surface area (Å²) < 4.78 is 6.91. The summed E-state index contributed by atoms with van der Waals surface area (Å²) in [4.78, 5) is 4.14. The van der Waals surface area contributed by atoms with Crippen molar-refractivity contribution in [3.63, 3.8) is 0 Å². The summed E-state index contributed by atoms with van der Waals surface area (Å²) in [5.74, 6) is 0.950. The Morgan fingerprint density at radius 1 is 1.10 bits per heavy atom. The van der Waals surface area contributed by atoms with Crippen molar-refractivity contribution in [2.45, 2.75) is 26.9 Å². The minimum Gasteiger partial charge on any atom is -0.488 e. The van der Waals surface area contributed by atoms with E-state index in [0.29, 0.717) is 13.2 Å². The van der Waals surface area contributed by atoms with Crippen LogP contribution < -0.4 is 10.5 Å². The third-order valence-corrected chi connectivity index (χ3v) is 3.53. The Kier molecular flexibility index (Phi) is 5.15. The van der Waals surface area contributed by atoms with Gasteiger partial charge in [0.1, 0.15) is 12.4 Å².